The van der Waals surface area contributed by atoms with Crippen LogP contribution >= 0.6 is 23.4 Å². The predicted octanol–water partition coefficient (Wildman–Crippen LogP) is 1.61. The van der Waals surface area contributed by atoms with Crippen LogP contribution in [0.15, 0.2) is 29.9 Å². The van der Waals surface area contributed by atoms with E-state index in [2.05, 4.69) is 10.3 Å². The fourth-order valence-corrected chi connectivity index (χ4v) is 2.04. The summed E-state index contributed by atoms with van der Waals surface area (Å²) in [5.74, 6) is 0. The second-order valence-corrected chi connectivity index (χ2v) is 4.21. The van der Waals surface area contributed by atoms with Gasteiger partial charge < -0.3 is 5.32 Å². The molecule has 1 aliphatic heterocycles. The number of halogens is 1. The van der Waals surface area contributed by atoms with Gasteiger partial charge in [0.15, 0.2) is 4.99 Å². The molecule has 2 heterocycles. The summed E-state index contributed by atoms with van der Waals surface area (Å²) in [6.07, 6.45) is 3.46. The molecule has 1 atom stereocenters. The Labute approximate surface area is 85.4 Å². The first kappa shape index (κ1) is 8.87. The van der Waals surface area contributed by atoms with Crippen molar-refractivity contribution in [1.29, 1.82) is 0 Å². The fourth-order valence-electron chi connectivity index (χ4n) is 1.12. The first-order valence-corrected chi connectivity index (χ1v) is 4.98. The fraction of sp³-hybridized carbons (Fsp3) is 0.125. The van der Waals surface area contributed by atoms with Gasteiger partial charge in [-0.3, -0.25) is 5.73 Å². The second-order valence-electron chi connectivity index (χ2n) is 2.67. The maximum absolute atomic E-state index is 6.05. The number of aromatic nitrogens is 1. The molecule has 0 saturated heterocycles. The van der Waals surface area contributed by atoms with Crippen LogP contribution in [0.25, 0.3) is 0 Å². The summed E-state index contributed by atoms with van der Waals surface area (Å²) in [6.45, 7) is 0. The van der Waals surface area contributed by atoms with Gasteiger partial charge in [0.25, 0.3) is 0 Å². The summed E-state index contributed by atoms with van der Waals surface area (Å²) in [7, 11) is 0. The van der Waals surface area contributed by atoms with Crippen molar-refractivity contribution in [2.75, 3.05) is 0 Å². The van der Waals surface area contributed by atoms with E-state index >= 15 is 0 Å². The van der Waals surface area contributed by atoms with Crippen LogP contribution in [0.2, 0.25) is 5.15 Å². The molecule has 13 heavy (non-hydrogen) atoms. The van der Waals surface area contributed by atoms with Crippen molar-refractivity contribution >= 4 is 23.4 Å². The second kappa shape index (κ2) is 3.21. The third kappa shape index (κ3) is 1.65. The highest BCUT2D eigenvalue weighted by atomic mass is 35.5. The van der Waals surface area contributed by atoms with Gasteiger partial charge in [-0.05, 0) is 17.5 Å². The molecule has 0 saturated carbocycles. The van der Waals surface area contributed by atoms with Crippen LogP contribution < -0.4 is 11.1 Å². The summed E-state index contributed by atoms with van der Waals surface area (Å²) in [6, 6.07) is 3.60. The molecule has 0 spiro atoms. The maximum atomic E-state index is 6.05. The molecule has 0 bridgehead atoms. The number of nitrogens with two attached hydrogens (primary N) is 1. The zero-order valence-corrected chi connectivity index (χ0v) is 8.27. The number of rotatable bonds is 1. The van der Waals surface area contributed by atoms with E-state index in [-0.39, 0.29) is 0 Å². The molecule has 0 aliphatic carbocycles. The van der Waals surface area contributed by atoms with Crippen LogP contribution in [0.3, 0.4) is 0 Å². The minimum absolute atomic E-state index is 0.455. The van der Waals surface area contributed by atoms with Gasteiger partial charge in [0.2, 0.25) is 0 Å². The standard InChI is InChI=1S/C8H8ClN3S/c9-7-5-6(1-2-11-7)8(10)12-3-4-13-8/h1-5,12H,10H2. The number of nitrogens with zero attached hydrogens (tertiary/aromatic N) is 1. The molecule has 0 amide bonds. The lowest BCUT2D eigenvalue weighted by atomic mass is 10.2. The summed E-state index contributed by atoms with van der Waals surface area (Å²) >= 11 is 7.27. The Bertz CT molecular complexity index is 345. The Kier molecular flexibility index (Phi) is 2.19. The van der Waals surface area contributed by atoms with E-state index in [1.54, 1.807) is 12.3 Å². The van der Waals surface area contributed by atoms with Crippen molar-refractivity contribution < 1.29 is 0 Å². The lowest BCUT2D eigenvalue weighted by Gasteiger charge is -2.23. The highest BCUT2D eigenvalue weighted by Gasteiger charge is 2.28. The van der Waals surface area contributed by atoms with Gasteiger partial charge >= 0.3 is 0 Å². The highest BCUT2D eigenvalue weighted by Crippen LogP contribution is 2.33. The molecule has 1 unspecified atom stereocenters. The molecule has 0 fully saturated rings. The van der Waals surface area contributed by atoms with Gasteiger partial charge in [-0.2, -0.15) is 0 Å². The molecular formula is C8H8ClN3S. The molecule has 68 valence electrons. The number of hydrogen-bond acceptors (Lipinski definition) is 4. The zero-order valence-electron chi connectivity index (χ0n) is 6.70. The van der Waals surface area contributed by atoms with E-state index in [0.717, 1.165) is 5.56 Å². The van der Waals surface area contributed by atoms with Crippen molar-refractivity contribution in [3.63, 3.8) is 0 Å². The molecule has 0 radical (unpaired) electrons. The van der Waals surface area contributed by atoms with E-state index in [1.807, 2.05) is 17.7 Å². The largest absolute Gasteiger partial charge is 0.361 e. The Morgan fingerprint density at radius 1 is 1.62 bits per heavy atom. The summed E-state index contributed by atoms with van der Waals surface area (Å²) in [5, 5.41) is 5.42. The Hall–Kier alpha value is -0.710. The summed E-state index contributed by atoms with van der Waals surface area (Å²) in [4.78, 5) is 3.30. The number of thioether (sulfide) groups is 1. The molecule has 1 aromatic rings. The Morgan fingerprint density at radius 3 is 3.08 bits per heavy atom. The lowest BCUT2D eigenvalue weighted by molar-refractivity contribution is 0.598. The van der Waals surface area contributed by atoms with Crippen LogP contribution in [0.5, 0.6) is 0 Å². The van der Waals surface area contributed by atoms with E-state index in [1.165, 1.54) is 11.8 Å². The predicted molar refractivity (Wildman–Crippen MR) is 55.0 cm³/mol. The third-order valence-corrected chi connectivity index (χ3v) is 2.98. The summed E-state index contributed by atoms with van der Waals surface area (Å²) < 4.78 is 0. The van der Waals surface area contributed by atoms with Crippen molar-refractivity contribution in [1.82, 2.24) is 10.3 Å². The van der Waals surface area contributed by atoms with Crippen LogP contribution in [0.1, 0.15) is 5.56 Å². The molecule has 1 aromatic heterocycles. The van der Waals surface area contributed by atoms with Gasteiger partial charge in [0.1, 0.15) is 5.15 Å². The Balaban J connectivity index is 2.35. The third-order valence-electron chi connectivity index (χ3n) is 1.78. The normalized spacial score (nSPS) is 26.0. The number of pyridine rings is 1. The average Bonchev–Trinajstić information content (AvgIpc) is 2.54. The van der Waals surface area contributed by atoms with Crippen LogP contribution in [0.4, 0.5) is 0 Å². The minimum atomic E-state index is -0.591. The van der Waals surface area contributed by atoms with Gasteiger partial charge in [-0.25, -0.2) is 4.98 Å². The van der Waals surface area contributed by atoms with Crippen molar-refractivity contribution in [3.05, 3.63) is 40.7 Å². The highest BCUT2D eigenvalue weighted by molar-refractivity contribution is 8.03. The average molecular weight is 214 g/mol. The minimum Gasteiger partial charge on any atom is -0.361 e. The van der Waals surface area contributed by atoms with Crippen LogP contribution in [-0.4, -0.2) is 4.98 Å². The van der Waals surface area contributed by atoms with Gasteiger partial charge in [-0.1, -0.05) is 23.4 Å². The monoisotopic (exact) mass is 213 g/mol. The topological polar surface area (TPSA) is 50.9 Å². The molecule has 5 heteroatoms. The molecule has 2 rings (SSSR count). The zero-order chi connectivity index (χ0) is 9.31. The number of nitrogens with one attached hydrogen (secondary N) is 1. The quantitative estimate of drug-likeness (QED) is 0.696. The van der Waals surface area contributed by atoms with E-state index in [9.17, 15) is 0 Å². The molecule has 1 aliphatic rings. The molecule has 0 aromatic carbocycles. The molecular weight excluding hydrogens is 206 g/mol. The van der Waals surface area contributed by atoms with Crippen LogP contribution in [-0.2, 0) is 4.99 Å². The van der Waals surface area contributed by atoms with E-state index < -0.39 is 4.99 Å². The first-order chi connectivity index (χ1) is 6.21. The van der Waals surface area contributed by atoms with E-state index in [4.69, 9.17) is 17.3 Å². The molecule has 3 nitrogen and oxygen atoms in total. The Morgan fingerprint density at radius 2 is 2.46 bits per heavy atom. The lowest BCUT2D eigenvalue weighted by Crippen LogP contribution is -2.42. The SMILES string of the molecule is NC1(c2ccnc(Cl)c2)NC=CS1. The molecule has 3 N–H and O–H groups in total. The van der Waals surface area contributed by atoms with Crippen molar-refractivity contribution in [3.8, 4) is 0 Å². The maximum Gasteiger partial charge on any atom is 0.164 e. The van der Waals surface area contributed by atoms with Crippen molar-refractivity contribution in [2.45, 2.75) is 4.99 Å². The van der Waals surface area contributed by atoms with Gasteiger partial charge in [-0.15, -0.1) is 0 Å². The number of hydrogen-bond donors (Lipinski definition) is 2. The van der Waals surface area contributed by atoms with Crippen LogP contribution in [0, 0.1) is 0 Å². The van der Waals surface area contributed by atoms with E-state index in [0.29, 0.717) is 5.15 Å². The smallest absolute Gasteiger partial charge is 0.164 e. The summed E-state index contributed by atoms with van der Waals surface area (Å²) in [5.41, 5.74) is 6.97. The van der Waals surface area contributed by atoms with Gasteiger partial charge in [0, 0.05) is 18.0 Å². The van der Waals surface area contributed by atoms with Gasteiger partial charge in [0.05, 0.1) is 0 Å². The first-order valence-electron chi connectivity index (χ1n) is 3.72. The van der Waals surface area contributed by atoms with Crippen molar-refractivity contribution in [2.24, 2.45) is 5.73 Å².